The molecule has 0 saturated carbocycles. The largest absolute Gasteiger partial charge is 0.383 e. The third kappa shape index (κ3) is 1.35. The Morgan fingerprint density at radius 3 is 2.31 bits per heavy atom. The number of nitrogens with two attached hydrogens (primary N) is 1. The molecule has 1 aliphatic heterocycles. The molecule has 0 fully saturated rings. The number of anilines is 3. The molecular weight excluding hydrogens is 200 g/mol. The number of hydrogen-bond acceptors (Lipinski definition) is 4. The molecule has 0 amide bonds. The van der Waals surface area contributed by atoms with Crippen molar-refractivity contribution < 1.29 is 0 Å². The summed E-state index contributed by atoms with van der Waals surface area (Å²) in [6, 6.07) is 11.9. The number of benzene rings is 1. The molecule has 2 aromatic rings. The smallest absolute Gasteiger partial charge is 0.130 e. The van der Waals surface area contributed by atoms with Gasteiger partial charge in [-0.1, -0.05) is 12.1 Å². The zero-order valence-electron chi connectivity index (χ0n) is 8.64. The highest BCUT2D eigenvalue weighted by atomic mass is 15.2. The Morgan fingerprint density at radius 1 is 1.00 bits per heavy atom. The highest BCUT2D eigenvalue weighted by Gasteiger charge is 2.21. The maximum atomic E-state index is 5.84. The first-order valence-corrected chi connectivity index (χ1v) is 5.17. The summed E-state index contributed by atoms with van der Waals surface area (Å²) in [4.78, 5) is 4.08. The second-order valence-electron chi connectivity index (χ2n) is 3.75. The average molecular weight is 212 g/mol. The SMILES string of the molecule is Nc1ncccc1C1Nc2ccccc2N1. The van der Waals surface area contributed by atoms with Crippen molar-refractivity contribution in [2.24, 2.45) is 0 Å². The Morgan fingerprint density at radius 2 is 1.69 bits per heavy atom. The van der Waals surface area contributed by atoms with Crippen LogP contribution in [0.1, 0.15) is 11.7 Å². The third-order valence-corrected chi connectivity index (χ3v) is 2.71. The number of nitrogens with zero attached hydrogens (tertiary/aromatic N) is 1. The minimum atomic E-state index is 0.00565. The molecule has 80 valence electrons. The fourth-order valence-electron chi connectivity index (χ4n) is 1.91. The number of nitrogen functional groups attached to an aromatic ring is 1. The number of nitrogens with one attached hydrogen (secondary N) is 2. The maximum absolute atomic E-state index is 5.84. The van der Waals surface area contributed by atoms with Crippen LogP contribution in [0, 0.1) is 0 Å². The van der Waals surface area contributed by atoms with Crippen molar-refractivity contribution in [3.63, 3.8) is 0 Å². The molecule has 0 radical (unpaired) electrons. The summed E-state index contributed by atoms with van der Waals surface area (Å²) in [5, 5.41) is 6.72. The van der Waals surface area contributed by atoms with Crippen LogP contribution in [-0.4, -0.2) is 4.98 Å². The van der Waals surface area contributed by atoms with Gasteiger partial charge in [-0.3, -0.25) is 0 Å². The molecule has 16 heavy (non-hydrogen) atoms. The summed E-state index contributed by atoms with van der Waals surface area (Å²) in [6.07, 6.45) is 1.70. The van der Waals surface area contributed by atoms with Crippen LogP contribution in [0.3, 0.4) is 0 Å². The Hall–Kier alpha value is -2.23. The Kier molecular flexibility index (Phi) is 1.93. The Bertz CT molecular complexity index is 499. The number of aromatic nitrogens is 1. The van der Waals surface area contributed by atoms with Crippen LogP contribution >= 0.6 is 0 Å². The van der Waals surface area contributed by atoms with Gasteiger partial charge in [-0.05, 0) is 24.3 Å². The number of pyridine rings is 1. The van der Waals surface area contributed by atoms with Crippen LogP contribution < -0.4 is 16.4 Å². The van der Waals surface area contributed by atoms with Gasteiger partial charge in [0.15, 0.2) is 0 Å². The summed E-state index contributed by atoms with van der Waals surface area (Å²) in [5.41, 5.74) is 9.00. The molecule has 1 aliphatic rings. The molecule has 4 nitrogen and oxygen atoms in total. The van der Waals surface area contributed by atoms with Crippen LogP contribution in [0.2, 0.25) is 0 Å². The fraction of sp³-hybridized carbons (Fsp3) is 0.0833. The van der Waals surface area contributed by atoms with Gasteiger partial charge in [0.25, 0.3) is 0 Å². The van der Waals surface area contributed by atoms with E-state index in [1.165, 1.54) is 0 Å². The topological polar surface area (TPSA) is 63.0 Å². The van der Waals surface area contributed by atoms with Gasteiger partial charge < -0.3 is 16.4 Å². The number of rotatable bonds is 1. The van der Waals surface area contributed by atoms with Crippen LogP contribution in [0.5, 0.6) is 0 Å². The van der Waals surface area contributed by atoms with Crippen molar-refractivity contribution in [1.29, 1.82) is 0 Å². The highest BCUT2D eigenvalue weighted by Crippen LogP contribution is 2.35. The minimum Gasteiger partial charge on any atom is -0.383 e. The first-order chi connectivity index (χ1) is 7.84. The molecule has 0 spiro atoms. The number of para-hydroxylation sites is 2. The van der Waals surface area contributed by atoms with E-state index in [0.717, 1.165) is 16.9 Å². The van der Waals surface area contributed by atoms with Crippen LogP contribution in [0.4, 0.5) is 17.2 Å². The fourth-order valence-corrected chi connectivity index (χ4v) is 1.91. The van der Waals surface area contributed by atoms with Crippen molar-refractivity contribution >= 4 is 17.2 Å². The molecule has 0 aliphatic carbocycles. The second kappa shape index (κ2) is 3.41. The molecule has 0 atom stereocenters. The van der Waals surface area contributed by atoms with Gasteiger partial charge in [-0.15, -0.1) is 0 Å². The van der Waals surface area contributed by atoms with Crippen molar-refractivity contribution in [2.75, 3.05) is 16.4 Å². The van der Waals surface area contributed by atoms with E-state index in [2.05, 4.69) is 15.6 Å². The van der Waals surface area contributed by atoms with Crippen molar-refractivity contribution in [3.05, 3.63) is 48.2 Å². The zero-order valence-corrected chi connectivity index (χ0v) is 8.64. The monoisotopic (exact) mass is 212 g/mol. The normalized spacial score (nSPS) is 14.0. The van der Waals surface area contributed by atoms with Gasteiger partial charge in [0, 0.05) is 11.8 Å². The second-order valence-corrected chi connectivity index (χ2v) is 3.75. The van der Waals surface area contributed by atoms with Gasteiger partial charge >= 0.3 is 0 Å². The van der Waals surface area contributed by atoms with Crippen molar-refractivity contribution in [1.82, 2.24) is 4.98 Å². The van der Waals surface area contributed by atoms with Crippen molar-refractivity contribution in [3.8, 4) is 0 Å². The van der Waals surface area contributed by atoms with Crippen molar-refractivity contribution in [2.45, 2.75) is 6.17 Å². The van der Waals surface area contributed by atoms with E-state index in [9.17, 15) is 0 Å². The predicted octanol–water partition coefficient (Wildman–Crippen LogP) is 2.20. The summed E-state index contributed by atoms with van der Waals surface area (Å²) < 4.78 is 0. The maximum Gasteiger partial charge on any atom is 0.130 e. The van der Waals surface area contributed by atoms with E-state index in [1.807, 2.05) is 36.4 Å². The lowest BCUT2D eigenvalue weighted by molar-refractivity contribution is 0.934. The van der Waals surface area contributed by atoms with E-state index >= 15 is 0 Å². The van der Waals surface area contributed by atoms with E-state index < -0.39 is 0 Å². The molecule has 0 saturated heterocycles. The lowest BCUT2D eigenvalue weighted by Crippen LogP contribution is -2.14. The molecule has 1 aromatic carbocycles. The molecule has 4 heteroatoms. The van der Waals surface area contributed by atoms with Gasteiger partial charge in [0.05, 0.1) is 11.4 Å². The van der Waals surface area contributed by atoms with Crippen LogP contribution in [-0.2, 0) is 0 Å². The lowest BCUT2D eigenvalue weighted by atomic mass is 10.2. The zero-order chi connectivity index (χ0) is 11.0. The van der Waals surface area contributed by atoms with E-state index in [4.69, 9.17) is 5.73 Å². The number of hydrogen-bond donors (Lipinski definition) is 3. The molecule has 3 rings (SSSR count). The minimum absolute atomic E-state index is 0.00565. The Labute approximate surface area is 93.5 Å². The van der Waals surface area contributed by atoms with Crippen LogP contribution in [0.25, 0.3) is 0 Å². The highest BCUT2D eigenvalue weighted by molar-refractivity contribution is 5.75. The summed E-state index contributed by atoms with van der Waals surface area (Å²) in [7, 11) is 0. The molecule has 4 N–H and O–H groups in total. The molecule has 2 heterocycles. The lowest BCUT2D eigenvalue weighted by Gasteiger charge is -2.13. The average Bonchev–Trinajstić information content (AvgIpc) is 2.73. The summed E-state index contributed by atoms with van der Waals surface area (Å²) in [6.45, 7) is 0. The standard InChI is InChI=1S/C12H12N4/c13-11-8(4-3-7-14-11)12-15-9-5-1-2-6-10(9)16-12/h1-7,12,15-16H,(H2,13,14). The van der Waals surface area contributed by atoms with Crippen LogP contribution in [0.15, 0.2) is 42.6 Å². The van der Waals surface area contributed by atoms with E-state index in [1.54, 1.807) is 6.20 Å². The molecule has 0 bridgehead atoms. The van der Waals surface area contributed by atoms with Gasteiger partial charge in [-0.2, -0.15) is 0 Å². The predicted molar refractivity (Wildman–Crippen MR) is 65.1 cm³/mol. The van der Waals surface area contributed by atoms with E-state index in [-0.39, 0.29) is 6.17 Å². The number of fused-ring (bicyclic) bond motifs is 1. The van der Waals surface area contributed by atoms with Gasteiger partial charge in [0.1, 0.15) is 12.0 Å². The molecule has 0 unspecified atom stereocenters. The summed E-state index contributed by atoms with van der Waals surface area (Å²) in [5.74, 6) is 0.556. The molecular formula is C12H12N4. The third-order valence-electron chi connectivity index (χ3n) is 2.71. The quantitative estimate of drug-likeness (QED) is 0.678. The first-order valence-electron chi connectivity index (χ1n) is 5.17. The first kappa shape index (κ1) is 9.03. The Balaban J connectivity index is 1.95. The molecule has 1 aromatic heterocycles. The summed E-state index contributed by atoms with van der Waals surface area (Å²) >= 11 is 0. The van der Waals surface area contributed by atoms with E-state index in [0.29, 0.717) is 5.82 Å². The van der Waals surface area contributed by atoms with Gasteiger partial charge in [0.2, 0.25) is 0 Å². The van der Waals surface area contributed by atoms with Gasteiger partial charge in [-0.25, -0.2) is 4.98 Å².